The van der Waals surface area contributed by atoms with Gasteiger partial charge in [-0.05, 0) is 52.3 Å². The van der Waals surface area contributed by atoms with E-state index in [1.807, 2.05) is 0 Å². The number of halogens is 1. The van der Waals surface area contributed by atoms with Gasteiger partial charge in [-0.3, -0.25) is 9.59 Å². The van der Waals surface area contributed by atoms with Crippen LogP contribution in [0.5, 0.6) is 5.75 Å². The van der Waals surface area contributed by atoms with Gasteiger partial charge in [0.05, 0.1) is 5.56 Å². The number of rotatable bonds is 5. The summed E-state index contributed by atoms with van der Waals surface area (Å²) in [6.45, 7) is 0.924. The van der Waals surface area contributed by atoms with E-state index in [0.717, 1.165) is 0 Å². The molecule has 0 bridgehead atoms. The summed E-state index contributed by atoms with van der Waals surface area (Å²) in [5.74, 6) is -1.02. The molecule has 0 aliphatic carbocycles. The first-order valence-corrected chi connectivity index (χ1v) is 7.50. The van der Waals surface area contributed by atoms with E-state index in [2.05, 4.69) is 15.9 Å². The highest BCUT2D eigenvalue weighted by atomic mass is 79.9. The molecule has 0 fully saturated rings. The Morgan fingerprint density at radius 2 is 1.65 bits per heavy atom. The number of Topliss-reactive ketones (excluding diaryl/α,β-unsaturated/α-hetero) is 1. The summed E-state index contributed by atoms with van der Waals surface area (Å²) in [6, 6.07) is 12.8. The molecule has 0 aliphatic heterocycles. The molecule has 0 saturated heterocycles. The smallest absolute Gasteiger partial charge is 0.339 e. The zero-order chi connectivity index (χ0) is 16.8. The highest BCUT2D eigenvalue weighted by molar-refractivity contribution is 9.10. The van der Waals surface area contributed by atoms with Crippen LogP contribution in [0.1, 0.15) is 27.6 Å². The van der Waals surface area contributed by atoms with E-state index in [-0.39, 0.29) is 12.4 Å². The number of ketones is 1. The van der Waals surface area contributed by atoms with Crippen molar-refractivity contribution in [1.29, 1.82) is 0 Å². The Kier molecular flexibility index (Phi) is 5.65. The van der Waals surface area contributed by atoms with Gasteiger partial charge in [0.15, 0.2) is 12.4 Å². The number of carbonyl (C=O) groups excluding carboxylic acids is 3. The summed E-state index contributed by atoms with van der Waals surface area (Å²) in [5, 5.41) is 0. The fourth-order valence-electron chi connectivity index (χ4n) is 1.79. The molecule has 2 rings (SSSR count). The number of hydrogen-bond acceptors (Lipinski definition) is 5. The minimum Gasteiger partial charge on any atom is -0.454 e. The third kappa shape index (κ3) is 4.75. The van der Waals surface area contributed by atoms with Crippen LogP contribution in [0.4, 0.5) is 0 Å². The van der Waals surface area contributed by atoms with Crippen molar-refractivity contribution in [3.63, 3.8) is 0 Å². The van der Waals surface area contributed by atoms with Crippen LogP contribution < -0.4 is 4.74 Å². The van der Waals surface area contributed by atoms with E-state index in [1.165, 1.54) is 31.2 Å². The maximum Gasteiger partial charge on any atom is 0.339 e. The summed E-state index contributed by atoms with van der Waals surface area (Å²) in [4.78, 5) is 34.7. The van der Waals surface area contributed by atoms with E-state index >= 15 is 0 Å². The Morgan fingerprint density at radius 1 is 1.00 bits per heavy atom. The molecule has 0 atom stereocenters. The lowest BCUT2D eigenvalue weighted by Crippen LogP contribution is -2.14. The molecule has 0 saturated carbocycles. The molecule has 0 unspecified atom stereocenters. The topological polar surface area (TPSA) is 69.7 Å². The quantitative estimate of drug-likeness (QED) is 0.454. The van der Waals surface area contributed by atoms with Gasteiger partial charge >= 0.3 is 11.9 Å². The van der Waals surface area contributed by atoms with E-state index in [1.54, 1.807) is 24.3 Å². The summed E-state index contributed by atoms with van der Waals surface area (Å²) < 4.78 is 10.5. The van der Waals surface area contributed by atoms with Gasteiger partial charge < -0.3 is 9.47 Å². The molecule has 0 N–H and O–H groups in total. The molecule has 23 heavy (non-hydrogen) atoms. The van der Waals surface area contributed by atoms with Crippen molar-refractivity contribution in [3.05, 3.63) is 64.1 Å². The number of ether oxygens (including phenoxy) is 2. The number of esters is 2. The molecular weight excluding hydrogens is 364 g/mol. The molecule has 0 amide bonds. The number of hydrogen-bond donors (Lipinski definition) is 0. The number of carbonyl (C=O) groups is 3. The first kappa shape index (κ1) is 16.9. The zero-order valence-corrected chi connectivity index (χ0v) is 13.8. The van der Waals surface area contributed by atoms with Gasteiger partial charge in [0.2, 0.25) is 0 Å². The van der Waals surface area contributed by atoms with Crippen molar-refractivity contribution in [2.24, 2.45) is 0 Å². The van der Waals surface area contributed by atoms with Crippen LogP contribution in [-0.2, 0) is 9.53 Å². The molecule has 0 spiro atoms. The maximum atomic E-state index is 12.0. The van der Waals surface area contributed by atoms with Crippen LogP contribution in [0, 0.1) is 0 Å². The number of benzene rings is 2. The first-order valence-electron chi connectivity index (χ1n) is 6.70. The Labute approximate surface area is 141 Å². The lowest BCUT2D eigenvalue weighted by Gasteiger charge is -2.06. The van der Waals surface area contributed by atoms with Crippen LogP contribution in [-0.4, -0.2) is 24.3 Å². The van der Waals surface area contributed by atoms with E-state index in [9.17, 15) is 14.4 Å². The molecule has 6 heteroatoms. The Bertz CT molecular complexity index is 737. The average Bonchev–Trinajstić information content (AvgIpc) is 2.53. The van der Waals surface area contributed by atoms with Crippen LogP contribution >= 0.6 is 15.9 Å². The summed E-state index contributed by atoms with van der Waals surface area (Å²) in [6.07, 6.45) is 0. The highest BCUT2D eigenvalue weighted by Gasteiger charge is 2.14. The lowest BCUT2D eigenvalue weighted by atomic mass is 10.1. The Balaban J connectivity index is 1.95. The molecule has 0 aliphatic rings. The van der Waals surface area contributed by atoms with Gasteiger partial charge in [0.1, 0.15) is 5.75 Å². The monoisotopic (exact) mass is 376 g/mol. The molecule has 0 aromatic heterocycles. The van der Waals surface area contributed by atoms with Gasteiger partial charge in [0.25, 0.3) is 0 Å². The zero-order valence-electron chi connectivity index (χ0n) is 12.2. The molecule has 2 aromatic carbocycles. The Morgan fingerprint density at radius 3 is 2.26 bits per heavy atom. The van der Waals surface area contributed by atoms with Crippen molar-refractivity contribution < 1.29 is 23.9 Å². The first-order chi connectivity index (χ1) is 11.0. The second kappa shape index (κ2) is 7.69. The van der Waals surface area contributed by atoms with Gasteiger partial charge in [0, 0.05) is 17.0 Å². The third-order valence-corrected chi connectivity index (χ3v) is 3.56. The van der Waals surface area contributed by atoms with Gasteiger partial charge in [-0.25, -0.2) is 4.79 Å². The average molecular weight is 377 g/mol. The molecule has 0 heterocycles. The predicted octanol–water partition coefficient (Wildman–Crippen LogP) is 3.41. The predicted molar refractivity (Wildman–Crippen MR) is 86.5 cm³/mol. The molecule has 0 radical (unpaired) electrons. The van der Waals surface area contributed by atoms with Crippen LogP contribution in [0.15, 0.2) is 53.0 Å². The fourth-order valence-corrected chi connectivity index (χ4v) is 2.24. The minimum absolute atomic E-state index is 0.347. The maximum absolute atomic E-state index is 12.0. The Hall–Kier alpha value is -2.47. The molecule has 118 valence electrons. The molecule has 2 aromatic rings. The van der Waals surface area contributed by atoms with Gasteiger partial charge in [-0.15, -0.1) is 0 Å². The SMILES string of the molecule is CC(=O)Oc1ccc(C(=O)COC(=O)c2ccccc2Br)cc1. The van der Waals surface area contributed by atoms with Crippen molar-refractivity contribution in [3.8, 4) is 5.75 Å². The van der Waals surface area contributed by atoms with E-state index in [4.69, 9.17) is 9.47 Å². The highest BCUT2D eigenvalue weighted by Crippen LogP contribution is 2.17. The third-order valence-electron chi connectivity index (χ3n) is 2.87. The van der Waals surface area contributed by atoms with Gasteiger partial charge in [-0.1, -0.05) is 12.1 Å². The van der Waals surface area contributed by atoms with Crippen LogP contribution in [0.2, 0.25) is 0 Å². The van der Waals surface area contributed by atoms with E-state index in [0.29, 0.717) is 21.3 Å². The molecular formula is C17H13BrO5. The fraction of sp³-hybridized carbons (Fsp3) is 0.118. The lowest BCUT2D eigenvalue weighted by molar-refractivity contribution is -0.131. The molecule has 5 nitrogen and oxygen atoms in total. The summed E-state index contributed by atoms with van der Waals surface area (Å²) in [5.41, 5.74) is 0.714. The van der Waals surface area contributed by atoms with Crippen LogP contribution in [0.25, 0.3) is 0 Å². The van der Waals surface area contributed by atoms with Crippen molar-refractivity contribution in [2.45, 2.75) is 6.92 Å². The van der Waals surface area contributed by atoms with Crippen molar-refractivity contribution in [1.82, 2.24) is 0 Å². The second-order valence-electron chi connectivity index (χ2n) is 4.60. The van der Waals surface area contributed by atoms with Gasteiger partial charge in [-0.2, -0.15) is 0 Å². The minimum atomic E-state index is -0.581. The van der Waals surface area contributed by atoms with Crippen molar-refractivity contribution >= 4 is 33.7 Å². The van der Waals surface area contributed by atoms with E-state index < -0.39 is 11.9 Å². The van der Waals surface area contributed by atoms with Crippen LogP contribution in [0.3, 0.4) is 0 Å². The normalized spacial score (nSPS) is 10.0. The standard InChI is InChI=1S/C17H13BrO5/c1-11(19)23-13-8-6-12(7-9-13)16(20)10-22-17(21)14-4-2-3-5-15(14)18/h2-9H,10H2,1H3. The second-order valence-corrected chi connectivity index (χ2v) is 5.45. The summed E-state index contributed by atoms with van der Waals surface area (Å²) in [7, 11) is 0. The summed E-state index contributed by atoms with van der Waals surface area (Å²) >= 11 is 3.25. The van der Waals surface area contributed by atoms with Crippen molar-refractivity contribution in [2.75, 3.05) is 6.61 Å². The largest absolute Gasteiger partial charge is 0.454 e.